The Morgan fingerprint density at radius 1 is 1.08 bits per heavy atom. The van der Waals surface area contributed by atoms with E-state index in [0.717, 1.165) is 44.3 Å². The topological polar surface area (TPSA) is 52.7 Å². The first-order chi connectivity index (χ1) is 12.1. The van der Waals surface area contributed by atoms with E-state index in [1.165, 1.54) is 6.42 Å². The third-order valence-electron chi connectivity index (χ3n) is 5.66. The summed E-state index contributed by atoms with van der Waals surface area (Å²) in [6.07, 6.45) is 2.86. The molecule has 26 heavy (non-hydrogen) atoms. The van der Waals surface area contributed by atoms with Crippen LogP contribution in [0.3, 0.4) is 0 Å². The lowest BCUT2D eigenvalue weighted by molar-refractivity contribution is -0.142. The van der Waals surface area contributed by atoms with Gasteiger partial charge in [-0.05, 0) is 38.0 Å². The lowest BCUT2D eigenvalue weighted by atomic mass is 9.90. The van der Waals surface area contributed by atoms with Gasteiger partial charge in [0.2, 0.25) is 11.8 Å². The van der Waals surface area contributed by atoms with Gasteiger partial charge in [0, 0.05) is 50.1 Å². The maximum absolute atomic E-state index is 12.6. The van der Waals surface area contributed by atoms with Crippen LogP contribution < -0.4 is 5.32 Å². The van der Waals surface area contributed by atoms with Crippen LogP contribution in [-0.4, -0.2) is 60.4 Å². The van der Waals surface area contributed by atoms with E-state index in [1.54, 1.807) is 0 Å². The van der Waals surface area contributed by atoms with Crippen molar-refractivity contribution in [1.82, 2.24) is 15.1 Å². The zero-order valence-electron chi connectivity index (χ0n) is 17.7. The van der Waals surface area contributed by atoms with E-state index in [-0.39, 0.29) is 29.2 Å². The van der Waals surface area contributed by atoms with Crippen molar-refractivity contribution in [2.24, 2.45) is 23.2 Å². The SMILES string of the molecule is CC1CC(C)CN(CC(C)NC(=O)C2CCN(C(=O)C(C)(C)C)CC2)C1. The highest BCUT2D eigenvalue weighted by Gasteiger charge is 2.33. The number of hydrogen-bond acceptors (Lipinski definition) is 3. The summed E-state index contributed by atoms with van der Waals surface area (Å²) in [6, 6.07) is 0.175. The highest BCUT2D eigenvalue weighted by molar-refractivity contribution is 5.82. The third kappa shape index (κ3) is 5.97. The Morgan fingerprint density at radius 3 is 2.12 bits per heavy atom. The van der Waals surface area contributed by atoms with Gasteiger partial charge in [-0.1, -0.05) is 34.6 Å². The molecule has 0 spiro atoms. The van der Waals surface area contributed by atoms with Crippen LogP contribution in [0.15, 0.2) is 0 Å². The predicted molar refractivity (Wildman–Crippen MR) is 106 cm³/mol. The van der Waals surface area contributed by atoms with Gasteiger partial charge in [0.05, 0.1) is 0 Å². The van der Waals surface area contributed by atoms with Crippen molar-refractivity contribution in [3.63, 3.8) is 0 Å². The first-order valence-electron chi connectivity index (χ1n) is 10.4. The Balaban J connectivity index is 1.75. The van der Waals surface area contributed by atoms with Crippen molar-refractivity contribution in [1.29, 1.82) is 0 Å². The molecule has 1 N–H and O–H groups in total. The number of nitrogens with one attached hydrogen (secondary N) is 1. The molecule has 2 heterocycles. The maximum Gasteiger partial charge on any atom is 0.227 e. The molecule has 0 aromatic carbocycles. The molecule has 0 saturated carbocycles. The van der Waals surface area contributed by atoms with Gasteiger partial charge in [0.1, 0.15) is 0 Å². The molecule has 0 aromatic heterocycles. The molecule has 2 rings (SSSR count). The average molecular weight is 366 g/mol. The lowest BCUT2D eigenvalue weighted by Gasteiger charge is -2.37. The molecule has 3 unspecified atom stereocenters. The monoisotopic (exact) mass is 365 g/mol. The van der Waals surface area contributed by atoms with Gasteiger partial charge < -0.3 is 15.1 Å². The Hall–Kier alpha value is -1.10. The summed E-state index contributed by atoms with van der Waals surface area (Å²) < 4.78 is 0. The smallest absolute Gasteiger partial charge is 0.227 e. The molecule has 2 amide bonds. The molecule has 2 saturated heterocycles. The lowest BCUT2D eigenvalue weighted by Crippen LogP contribution is -2.50. The molecule has 5 nitrogen and oxygen atoms in total. The quantitative estimate of drug-likeness (QED) is 0.833. The van der Waals surface area contributed by atoms with E-state index < -0.39 is 0 Å². The summed E-state index contributed by atoms with van der Waals surface area (Å²) in [5, 5.41) is 3.22. The molecule has 5 heteroatoms. The number of carbonyl (C=O) groups excluding carboxylic acids is 2. The van der Waals surface area contributed by atoms with Crippen molar-refractivity contribution in [2.45, 2.75) is 66.8 Å². The normalized spacial score (nSPS) is 27.2. The Kier molecular flexibility index (Phi) is 7.12. The summed E-state index contributed by atoms with van der Waals surface area (Å²) in [4.78, 5) is 29.4. The molecular formula is C21H39N3O2. The predicted octanol–water partition coefficient (Wildman–Crippen LogP) is 2.75. The van der Waals surface area contributed by atoms with E-state index in [2.05, 4.69) is 31.0 Å². The van der Waals surface area contributed by atoms with Gasteiger partial charge in [-0.25, -0.2) is 0 Å². The van der Waals surface area contributed by atoms with Gasteiger partial charge in [-0.2, -0.15) is 0 Å². The minimum absolute atomic E-state index is 0.0423. The van der Waals surface area contributed by atoms with E-state index >= 15 is 0 Å². The molecule has 0 aliphatic carbocycles. The second kappa shape index (κ2) is 8.73. The molecule has 2 aliphatic rings. The van der Waals surface area contributed by atoms with Crippen molar-refractivity contribution in [3.8, 4) is 0 Å². The van der Waals surface area contributed by atoms with Crippen molar-refractivity contribution < 1.29 is 9.59 Å². The van der Waals surface area contributed by atoms with Crippen molar-refractivity contribution >= 4 is 11.8 Å². The molecular weight excluding hydrogens is 326 g/mol. The summed E-state index contributed by atoms with van der Waals surface area (Å²) >= 11 is 0. The fraction of sp³-hybridized carbons (Fsp3) is 0.905. The number of rotatable bonds is 4. The summed E-state index contributed by atoms with van der Waals surface area (Å²) in [6.45, 7) is 17.2. The third-order valence-corrected chi connectivity index (χ3v) is 5.66. The van der Waals surface area contributed by atoms with Crippen LogP contribution in [0.5, 0.6) is 0 Å². The van der Waals surface area contributed by atoms with Crippen LogP contribution in [0.4, 0.5) is 0 Å². The van der Waals surface area contributed by atoms with Gasteiger partial charge in [0.25, 0.3) is 0 Å². The van der Waals surface area contributed by atoms with Crippen LogP contribution in [0, 0.1) is 23.2 Å². The van der Waals surface area contributed by atoms with Gasteiger partial charge in [-0.3, -0.25) is 9.59 Å². The van der Waals surface area contributed by atoms with Crippen LogP contribution in [0.2, 0.25) is 0 Å². The van der Waals surface area contributed by atoms with E-state index in [9.17, 15) is 9.59 Å². The largest absolute Gasteiger partial charge is 0.352 e. The van der Waals surface area contributed by atoms with Crippen LogP contribution in [0.1, 0.15) is 60.8 Å². The zero-order valence-corrected chi connectivity index (χ0v) is 17.7. The van der Waals surface area contributed by atoms with E-state index in [4.69, 9.17) is 0 Å². The number of hydrogen-bond donors (Lipinski definition) is 1. The first-order valence-corrected chi connectivity index (χ1v) is 10.4. The van der Waals surface area contributed by atoms with Gasteiger partial charge in [-0.15, -0.1) is 0 Å². The summed E-state index contributed by atoms with van der Waals surface area (Å²) in [5.74, 6) is 1.88. The molecule has 3 atom stereocenters. The molecule has 2 fully saturated rings. The van der Waals surface area contributed by atoms with E-state index in [0.29, 0.717) is 13.1 Å². The minimum atomic E-state index is -0.341. The number of likely N-dealkylation sites (tertiary alicyclic amines) is 2. The molecule has 0 aromatic rings. The number of nitrogens with zero attached hydrogens (tertiary/aromatic N) is 2. The molecule has 0 radical (unpaired) electrons. The second-order valence-corrected chi connectivity index (χ2v) is 9.89. The zero-order chi connectivity index (χ0) is 19.5. The van der Waals surface area contributed by atoms with Crippen LogP contribution in [0.25, 0.3) is 0 Å². The maximum atomic E-state index is 12.6. The molecule has 150 valence electrons. The Bertz CT molecular complexity index is 482. The molecule has 0 bridgehead atoms. The first kappa shape index (κ1) is 21.2. The Labute approximate surface area is 159 Å². The summed E-state index contributed by atoms with van der Waals surface area (Å²) in [7, 11) is 0. The fourth-order valence-corrected chi connectivity index (χ4v) is 4.55. The highest BCUT2D eigenvalue weighted by Crippen LogP contribution is 2.24. The molecule has 2 aliphatic heterocycles. The van der Waals surface area contributed by atoms with Gasteiger partial charge in [0.15, 0.2) is 0 Å². The minimum Gasteiger partial charge on any atom is -0.352 e. The highest BCUT2D eigenvalue weighted by atomic mass is 16.2. The van der Waals surface area contributed by atoms with Gasteiger partial charge >= 0.3 is 0 Å². The second-order valence-electron chi connectivity index (χ2n) is 9.89. The van der Waals surface area contributed by atoms with Crippen molar-refractivity contribution in [3.05, 3.63) is 0 Å². The van der Waals surface area contributed by atoms with Crippen LogP contribution in [-0.2, 0) is 9.59 Å². The van der Waals surface area contributed by atoms with Crippen molar-refractivity contribution in [2.75, 3.05) is 32.7 Å². The summed E-state index contributed by atoms with van der Waals surface area (Å²) in [5.41, 5.74) is -0.341. The number of piperidine rings is 2. The number of carbonyl (C=O) groups is 2. The fourth-order valence-electron chi connectivity index (χ4n) is 4.55. The van der Waals surface area contributed by atoms with E-state index in [1.807, 2.05) is 25.7 Å². The number of amides is 2. The standard InChI is InChI=1S/C21H39N3O2/c1-15-11-16(2)13-23(12-15)14-17(3)22-19(25)18-7-9-24(10-8-18)20(26)21(4,5)6/h15-18H,7-14H2,1-6H3,(H,22,25). The Morgan fingerprint density at radius 2 is 1.62 bits per heavy atom. The average Bonchev–Trinajstić information content (AvgIpc) is 2.52. The van der Waals surface area contributed by atoms with Crippen LogP contribution >= 0.6 is 0 Å².